The molecule has 2 fully saturated rings. The summed E-state index contributed by atoms with van der Waals surface area (Å²) in [6, 6.07) is 0.367. The van der Waals surface area contributed by atoms with E-state index in [0.717, 1.165) is 25.9 Å². The van der Waals surface area contributed by atoms with Crippen LogP contribution in [0.3, 0.4) is 0 Å². The molecule has 0 unspecified atom stereocenters. The minimum Gasteiger partial charge on any atom is -0.341 e. The smallest absolute Gasteiger partial charge is 0.239 e. The second-order valence-electron chi connectivity index (χ2n) is 6.42. The van der Waals surface area contributed by atoms with Crippen LogP contribution in [0, 0.1) is 5.92 Å². The Balaban J connectivity index is 1.80. The van der Waals surface area contributed by atoms with Gasteiger partial charge in [-0.05, 0) is 44.7 Å². The molecule has 19 heavy (non-hydrogen) atoms. The minimum atomic E-state index is -0.327. The first-order valence-electron chi connectivity index (χ1n) is 7.88. The summed E-state index contributed by atoms with van der Waals surface area (Å²) in [5, 5.41) is 0. The number of hydrogen-bond donors (Lipinski definition) is 1. The van der Waals surface area contributed by atoms with E-state index in [2.05, 4.69) is 4.90 Å². The number of nitrogens with two attached hydrogens (primary N) is 1. The molecule has 2 saturated heterocycles. The van der Waals surface area contributed by atoms with Gasteiger partial charge in [-0.15, -0.1) is 0 Å². The monoisotopic (exact) mass is 267 g/mol. The molecule has 0 spiro atoms. The van der Waals surface area contributed by atoms with Crippen LogP contribution >= 0.6 is 0 Å². The fourth-order valence-electron chi connectivity index (χ4n) is 3.23. The van der Waals surface area contributed by atoms with Crippen molar-refractivity contribution in [2.24, 2.45) is 11.7 Å². The normalized spacial score (nSPS) is 24.7. The first-order chi connectivity index (χ1) is 9.09. The molecule has 0 saturated carbocycles. The number of amides is 1. The molecule has 2 N–H and O–H groups in total. The molecular formula is C15H29N3O. The maximum absolute atomic E-state index is 12.2. The third-order valence-electron chi connectivity index (χ3n) is 4.69. The number of carbonyl (C=O) groups is 1. The van der Waals surface area contributed by atoms with Crippen LogP contribution in [0.5, 0.6) is 0 Å². The van der Waals surface area contributed by atoms with Gasteiger partial charge in [-0.3, -0.25) is 4.79 Å². The van der Waals surface area contributed by atoms with Crippen LogP contribution in [0.25, 0.3) is 0 Å². The van der Waals surface area contributed by atoms with Gasteiger partial charge in [0.2, 0.25) is 5.91 Å². The van der Waals surface area contributed by atoms with E-state index < -0.39 is 0 Å². The Bertz CT molecular complexity index is 292. The number of piperidine rings is 2. The van der Waals surface area contributed by atoms with Crippen molar-refractivity contribution >= 4 is 5.91 Å². The van der Waals surface area contributed by atoms with Crippen LogP contribution < -0.4 is 5.73 Å². The SMILES string of the molecule is CC(C)[C@H](N)C(=O)N1CCC(N2CCCCC2)CC1. The van der Waals surface area contributed by atoms with Crippen molar-refractivity contribution in [2.45, 2.75) is 58.0 Å². The zero-order valence-electron chi connectivity index (χ0n) is 12.5. The molecule has 110 valence electrons. The summed E-state index contributed by atoms with van der Waals surface area (Å²) in [5.41, 5.74) is 5.97. The molecule has 0 bridgehead atoms. The molecule has 2 aliphatic heterocycles. The number of nitrogens with zero attached hydrogens (tertiary/aromatic N) is 2. The van der Waals surface area contributed by atoms with E-state index >= 15 is 0 Å². The van der Waals surface area contributed by atoms with E-state index in [1.807, 2.05) is 18.7 Å². The second-order valence-corrected chi connectivity index (χ2v) is 6.42. The summed E-state index contributed by atoms with van der Waals surface area (Å²) in [6.07, 6.45) is 6.32. The van der Waals surface area contributed by atoms with Gasteiger partial charge >= 0.3 is 0 Å². The standard InChI is InChI=1S/C15H29N3O/c1-12(2)14(16)15(19)18-10-6-13(7-11-18)17-8-4-3-5-9-17/h12-14H,3-11,16H2,1-2H3/t14-/m0/s1. The van der Waals surface area contributed by atoms with Crippen molar-refractivity contribution in [3.63, 3.8) is 0 Å². The first-order valence-corrected chi connectivity index (χ1v) is 7.88. The van der Waals surface area contributed by atoms with Gasteiger partial charge in [-0.25, -0.2) is 0 Å². The molecule has 0 aliphatic carbocycles. The van der Waals surface area contributed by atoms with Gasteiger partial charge in [0.25, 0.3) is 0 Å². The summed E-state index contributed by atoms with van der Waals surface area (Å²) in [6.45, 7) is 8.32. The number of rotatable bonds is 3. The molecule has 2 heterocycles. The van der Waals surface area contributed by atoms with Gasteiger partial charge in [0.15, 0.2) is 0 Å². The fraction of sp³-hybridized carbons (Fsp3) is 0.933. The van der Waals surface area contributed by atoms with Gasteiger partial charge in [-0.2, -0.15) is 0 Å². The molecule has 2 aliphatic rings. The average Bonchev–Trinajstić information content (AvgIpc) is 2.46. The van der Waals surface area contributed by atoms with Crippen molar-refractivity contribution in [1.82, 2.24) is 9.80 Å². The lowest BCUT2D eigenvalue weighted by Crippen LogP contribution is -2.52. The largest absolute Gasteiger partial charge is 0.341 e. The highest BCUT2D eigenvalue weighted by molar-refractivity contribution is 5.82. The molecule has 1 atom stereocenters. The Labute approximate surface area is 117 Å². The number of likely N-dealkylation sites (tertiary alicyclic amines) is 2. The third kappa shape index (κ3) is 3.69. The second kappa shape index (κ2) is 6.71. The lowest BCUT2D eigenvalue weighted by atomic mass is 9.98. The Morgan fingerprint density at radius 1 is 1.05 bits per heavy atom. The van der Waals surface area contributed by atoms with Gasteiger partial charge < -0.3 is 15.5 Å². The van der Waals surface area contributed by atoms with Crippen LogP contribution in [0.15, 0.2) is 0 Å². The molecular weight excluding hydrogens is 238 g/mol. The topological polar surface area (TPSA) is 49.6 Å². The molecule has 0 aromatic carbocycles. The quantitative estimate of drug-likeness (QED) is 0.842. The maximum Gasteiger partial charge on any atom is 0.239 e. The van der Waals surface area contributed by atoms with E-state index in [1.54, 1.807) is 0 Å². The van der Waals surface area contributed by atoms with Crippen LogP contribution in [-0.2, 0) is 4.79 Å². The van der Waals surface area contributed by atoms with Gasteiger partial charge in [0, 0.05) is 19.1 Å². The van der Waals surface area contributed by atoms with Crippen LogP contribution in [0.4, 0.5) is 0 Å². The first kappa shape index (κ1) is 14.8. The average molecular weight is 267 g/mol. The van der Waals surface area contributed by atoms with Gasteiger partial charge in [-0.1, -0.05) is 20.3 Å². The van der Waals surface area contributed by atoms with Crippen molar-refractivity contribution in [1.29, 1.82) is 0 Å². The van der Waals surface area contributed by atoms with Crippen molar-refractivity contribution in [2.75, 3.05) is 26.2 Å². The Morgan fingerprint density at radius 3 is 2.16 bits per heavy atom. The van der Waals surface area contributed by atoms with E-state index in [1.165, 1.54) is 32.4 Å². The Morgan fingerprint density at radius 2 is 1.63 bits per heavy atom. The molecule has 1 amide bonds. The van der Waals surface area contributed by atoms with Crippen LogP contribution in [0.1, 0.15) is 46.0 Å². The summed E-state index contributed by atoms with van der Waals surface area (Å²) in [4.78, 5) is 16.8. The Kier molecular flexibility index (Phi) is 5.22. The van der Waals surface area contributed by atoms with E-state index in [9.17, 15) is 4.79 Å². The molecule has 4 nitrogen and oxygen atoms in total. The fourth-order valence-corrected chi connectivity index (χ4v) is 3.23. The molecule has 4 heteroatoms. The van der Waals surface area contributed by atoms with Gasteiger partial charge in [0.05, 0.1) is 6.04 Å². The summed E-state index contributed by atoms with van der Waals surface area (Å²) in [5.74, 6) is 0.374. The summed E-state index contributed by atoms with van der Waals surface area (Å²) < 4.78 is 0. The maximum atomic E-state index is 12.2. The molecule has 0 aromatic heterocycles. The van der Waals surface area contributed by atoms with Crippen LogP contribution in [0.2, 0.25) is 0 Å². The highest BCUT2D eigenvalue weighted by atomic mass is 16.2. The number of hydrogen-bond acceptors (Lipinski definition) is 3. The van der Waals surface area contributed by atoms with Crippen molar-refractivity contribution < 1.29 is 4.79 Å². The Hall–Kier alpha value is -0.610. The minimum absolute atomic E-state index is 0.145. The number of carbonyl (C=O) groups excluding carboxylic acids is 1. The predicted molar refractivity (Wildman–Crippen MR) is 77.8 cm³/mol. The summed E-state index contributed by atoms with van der Waals surface area (Å²) >= 11 is 0. The van der Waals surface area contributed by atoms with E-state index in [-0.39, 0.29) is 17.9 Å². The highest BCUT2D eigenvalue weighted by Crippen LogP contribution is 2.21. The lowest BCUT2D eigenvalue weighted by Gasteiger charge is -2.41. The van der Waals surface area contributed by atoms with E-state index in [0.29, 0.717) is 6.04 Å². The molecule has 0 aromatic rings. The molecule has 2 rings (SSSR count). The van der Waals surface area contributed by atoms with E-state index in [4.69, 9.17) is 5.73 Å². The predicted octanol–water partition coefficient (Wildman–Crippen LogP) is 1.45. The van der Waals surface area contributed by atoms with Crippen LogP contribution in [-0.4, -0.2) is 54.0 Å². The lowest BCUT2D eigenvalue weighted by molar-refractivity contribution is -0.135. The summed E-state index contributed by atoms with van der Waals surface area (Å²) in [7, 11) is 0. The van der Waals surface area contributed by atoms with Gasteiger partial charge in [0.1, 0.15) is 0 Å². The third-order valence-corrected chi connectivity index (χ3v) is 4.69. The molecule has 0 radical (unpaired) electrons. The highest BCUT2D eigenvalue weighted by Gasteiger charge is 2.30. The van der Waals surface area contributed by atoms with Crippen molar-refractivity contribution in [3.8, 4) is 0 Å². The zero-order valence-corrected chi connectivity index (χ0v) is 12.5. The zero-order chi connectivity index (χ0) is 13.8. The van der Waals surface area contributed by atoms with Crippen molar-refractivity contribution in [3.05, 3.63) is 0 Å².